The number of ether oxygens (including phenoxy) is 1. The molecule has 0 saturated heterocycles. The Morgan fingerprint density at radius 1 is 1.26 bits per heavy atom. The Balaban J connectivity index is 1.50. The monoisotopic (exact) mass is 489 g/mol. The molecule has 1 aromatic carbocycles. The molecule has 2 aromatic heterocycles. The van der Waals surface area contributed by atoms with Crippen molar-refractivity contribution in [3.8, 4) is 5.69 Å². The van der Waals surface area contributed by atoms with Crippen molar-refractivity contribution >= 4 is 17.6 Å². The van der Waals surface area contributed by atoms with Gasteiger partial charge in [-0.25, -0.2) is 15.0 Å². The Morgan fingerprint density at radius 2 is 2.00 bits per heavy atom. The van der Waals surface area contributed by atoms with Crippen LogP contribution in [0.15, 0.2) is 43.0 Å². The summed E-state index contributed by atoms with van der Waals surface area (Å²) in [5, 5.41) is 14.0. The van der Waals surface area contributed by atoms with Crippen molar-refractivity contribution in [1.82, 2.24) is 19.5 Å². The first kappa shape index (κ1) is 24.6. The second-order valence-electron chi connectivity index (χ2n) is 8.87. The van der Waals surface area contributed by atoms with Crippen molar-refractivity contribution in [2.24, 2.45) is 5.92 Å². The third kappa shape index (κ3) is 5.79. The number of carbonyl (C=O) groups excluding carboxylic acids is 1. The summed E-state index contributed by atoms with van der Waals surface area (Å²) in [5.74, 6) is -0.238. The van der Waals surface area contributed by atoms with E-state index in [1.807, 2.05) is 13.0 Å². The van der Waals surface area contributed by atoms with Crippen LogP contribution in [0.1, 0.15) is 49.1 Å². The van der Waals surface area contributed by atoms with Gasteiger partial charge in [0.1, 0.15) is 11.3 Å². The van der Waals surface area contributed by atoms with E-state index in [9.17, 15) is 23.1 Å². The van der Waals surface area contributed by atoms with E-state index in [0.717, 1.165) is 17.8 Å². The topological polar surface area (TPSA) is 102 Å². The molecule has 11 heteroatoms. The summed E-state index contributed by atoms with van der Waals surface area (Å²) in [4.78, 5) is 23.4. The van der Waals surface area contributed by atoms with E-state index >= 15 is 0 Å². The molecule has 2 N–H and O–H groups in total. The minimum absolute atomic E-state index is 0.166. The Bertz CT molecular complexity index is 1200. The van der Waals surface area contributed by atoms with Crippen molar-refractivity contribution in [2.45, 2.75) is 50.8 Å². The molecule has 0 bridgehead atoms. The number of esters is 1. The Morgan fingerprint density at radius 3 is 2.69 bits per heavy atom. The van der Waals surface area contributed by atoms with Crippen LogP contribution in [0.25, 0.3) is 5.69 Å². The fraction of sp³-hybridized carbons (Fsp3) is 0.417. The largest absolute Gasteiger partial charge is 0.469 e. The van der Waals surface area contributed by atoms with Crippen LogP contribution in [0.2, 0.25) is 0 Å². The predicted molar refractivity (Wildman–Crippen MR) is 121 cm³/mol. The predicted octanol–water partition coefficient (Wildman–Crippen LogP) is 4.67. The number of aryl methyl sites for hydroxylation is 1. The molecule has 0 amide bonds. The van der Waals surface area contributed by atoms with Crippen molar-refractivity contribution in [3.63, 3.8) is 0 Å². The number of nitrogens with one attached hydrogen (secondary N) is 1. The molecule has 1 fully saturated rings. The van der Waals surface area contributed by atoms with Gasteiger partial charge in [0.25, 0.3) is 0 Å². The van der Waals surface area contributed by atoms with Gasteiger partial charge in [-0.15, -0.1) is 0 Å². The molecule has 35 heavy (non-hydrogen) atoms. The highest BCUT2D eigenvalue weighted by Gasteiger charge is 2.37. The number of nitrogens with zero attached hydrogens (tertiary/aromatic N) is 4. The summed E-state index contributed by atoms with van der Waals surface area (Å²) in [6.07, 6.45) is 2.52. The highest BCUT2D eigenvalue weighted by Crippen LogP contribution is 2.40. The molecule has 2 heterocycles. The molecular weight excluding hydrogens is 463 g/mol. The minimum Gasteiger partial charge on any atom is -0.469 e. The molecule has 0 atom stereocenters. The molecule has 0 spiro atoms. The summed E-state index contributed by atoms with van der Waals surface area (Å²) < 4.78 is 45.4. The molecule has 1 aliphatic carbocycles. The second-order valence-corrected chi connectivity index (χ2v) is 8.87. The summed E-state index contributed by atoms with van der Waals surface area (Å²) in [6.45, 7) is 1.86. The third-order valence-electron chi connectivity index (χ3n) is 6.24. The number of anilines is 2. The number of alkyl halides is 3. The highest BCUT2D eigenvalue weighted by molar-refractivity contribution is 5.69. The number of aliphatic hydroxyl groups is 1. The van der Waals surface area contributed by atoms with Gasteiger partial charge in [-0.2, -0.15) is 13.2 Å². The molecule has 1 saturated carbocycles. The summed E-state index contributed by atoms with van der Waals surface area (Å²) in [7, 11) is 1.37. The smallest absolute Gasteiger partial charge is 0.433 e. The first-order chi connectivity index (χ1) is 16.6. The van der Waals surface area contributed by atoms with Gasteiger partial charge in [0.05, 0.1) is 19.1 Å². The zero-order valence-electron chi connectivity index (χ0n) is 19.3. The van der Waals surface area contributed by atoms with Gasteiger partial charge >= 0.3 is 12.1 Å². The number of rotatable bonds is 6. The van der Waals surface area contributed by atoms with Crippen LogP contribution < -0.4 is 5.32 Å². The fourth-order valence-electron chi connectivity index (χ4n) is 4.33. The Kier molecular flexibility index (Phi) is 6.79. The van der Waals surface area contributed by atoms with Crippen LogP contribution in [-0.2, 0) is 21.3 Å². The molecule has 4 rings (SSSR count). The molecule has 1 aliphatic rings. The van der Waals surface area contributed by atoms with E-state index in [-0.39, 0.29) is 17.8 Å². The summed E-state index contributed by atoms with van der Waals surface area (Å²) in [5.41, 5.74) is 0.490. The zero-order chi connectivity index (χ0) is 25.2. The van der Waals surface area contributed by atoms with Crippen LogP contribution in [0.5, 0.6) is 0 Å². The number of carbonyl (C=O) groups is 1. The molecule has 0 aliphatic heterocycles. The van der Waals surface area contributed by atoms with Crippen LogP contribution in [-0.4, -0.2) is 37.7 Å². The maximum Gasteiger partial charge on any atom is 0.433 e. The van der Waals surface area contributed by atoms with Gasteiger partial charge in [0, 0.05) is 30.2 Å². The first-order valence-corrected chi connectivity index (χ1v) is 11.2. The average Bonchev–Trinajstić information content (AvgIpc) is 3.31. The molecule has 3 aromatic rings. The van der Waals surface area contributed by atoms with E-state index in [1.54, 1.807) is 29.2 Å². The number of hydrogen-bond donors (Lipinski definition) is 2. The van der Waals surface area contributed by atoms with Crippen molar-refractivity contribution in [3.05, 3.63) is 59.9 Å². The van der Waals surface area contributed by atoms with Gasteiger partial charge in [-0.1, -0.05) is 0 Å². The van der Waals surface area contributed by atoms with Crippen molar-refractivity contribution in [1.29, 1.82) is 0 Å². The minimum atomic E-state index is -4.57. The van der Waals surface area contributed by atoms with Crippen LogP contribution in [0.4, 0.5) is 24.8 Å². The number of halogens is 3. The second kappa shape index (κ2) is 9.65. The standard InChI is InChI=1S/C24H26F3N5O3/c1-15-9-17(30-22-28-8-5-19(31-22)24(25,26)27)12-18(10-15)32-13-20(29-14-32)23(34)6-3-16(4-7-23)11-21(33)35-2/h5,8-10,12-14,16,34H,3-4,6-7,11H2,1-2H3,(H,28,30,31). The molecular formula is C24H26F3N5O3. The van der Waals surface area contributed by atoms with Gasteiger partial charge in [0.2, 0.25) is 5.95 Å². The van der Waals surface area contributed by atoms with E-state index in [0.29, 0.717) is 49.2 Å². The first-order valence-electron chi connectivity index (χ1n) is 11.2. The summed E-state index contributed by atoms with van der Waals surface area (Å²) in [6, 6.07) is 6.20. The maximum atomic E-state index is 13.0. The Hall–Kier alpha value is -3.47. The van der Waals surface area contributed by atoms with Crippen molar-refractivity contribution in [2.75, 3.05) is 12.4 Å². The number of aromatic nitrogens is 4. The van der Waals surface area contributed by atoms with E-state index < -0.39 is 17.5 Å². The molecule has 0 radical (unpaired) electrons. The SMILES string of the molecule is COC(=O)CC1CCC(O)(c2cn(-c3cc(C)cc(Nc4nccc(C(F)(F)F)n4)c3)cn2)CC1. The van der Waals surface area contributed by atoms with Crippen molar-refractivity contribution < 1.29 is 27.8 Å². The third-order valence-corrected chi connectivity index (χ3v) is 6.24. The fourth-order valence-corrected chi connectivity index (χ4v) is 4.33. The lowest BCUT2D eigenvalue weighted by molar-refractivity contribution is -0.143. The zero-order valence-corrected chi connectivity index (χ0v) is 19.3. The highest BCUT2D eigenvalue weighted by atomic mass is 19.4. The van der Waals surface area contributed by atoms with E-state index in [1.165, 1.54) is 7.11 Å². The maximum absolute atomic E-state index is 13.0. The van der Waals surface area contributed by atoms with Gasteiger partial charge in [0.15, 0.2) is 0 Å². The van der Waals surface area contributed by atoms with Gasteiger partial charge in [-0.05, 0) is 68.4 Å². The number of methoxy groups -OCH3 is 1. The lowest BCUT2D eigenvalue weighted by Crippen LogP contribution is -2.32. The van der Waals surface area contributed by atoms with Gasteiger partial charge < -0.3 is 19.7 Å². The normalized spacial score (nSPS) is 20.5. The van der Waals surface area contributed by atoms with Gasteiger partial charge in [-0.3, -0.25) is 4.79 Å². The molecule has 8 nitrogen and oxygen atoms in total. The lowest BCUT2D eigenvalue weighted by Gasteiger charge is -2.34. The number of imidazole rings is 1. The van der Waals surface area contributed by atoms with Crippen LogP contribution >= 0.6 is 0 Å². The molecule has 0 unspecified atom stereocenters. The van der Waals surface area contributed by atoms with E-state index in [4.69, 9.17) is 4.74 Å². The number of benzene rings is 1. The summed E-state index contributed by atoms with van der Waals surface area (Å²) >= 11 is 0. The van der Waals surface area contributed by atoms with E-state index in [2.05, 4.69) is 20.3 Å². The average molecular weight is 489 g/mol. The van der Waals surface area contributed by atoms with Crippen LogP contribution in [0, 0.1) is 12.8 Å². The van der Waals surface area contributed by atoms with Crippen LogP contribution in [0.3, 0.4) is 0 Å². The Labute approximate surface area is 200 Å². The lowest BCUT2D eigenvalue weighted by atomic mass is 9.76. The number of hydrogen-bond acceptors (Lipinski definition) is 7. The quantitative estimate of drug-likeness (QED) is 0.485. The molecule has 186 valence electrons.